The molecule has 0 aliphatic heterocycles. The molecule has 18 heavy (non-hydrogen) atoms. The summed E-state index contributed by atoms with van der Waals surface area (Å²) in [6, 6.07) is -1.67. The number of carboxylic acids is 1. The van der Waals surface area contributed by atoms with E-state index in [1.54, 1.807) is 7.05 Å². The number of amides is 1. The van der Waals surface area contributed by atoms with Crippen molar-refractivity contribution >= 4 is 11.9 Å². The van der Waals surface area contributed by atoms with E-state index < -0.39 is 24.1 Å². The van der Waals surface area contributed by atoms with Gasteiger partial charge < -0.3 is 15.0 Å². The van der Waals surface area contributed by atoms with E-state index in [4.69, 9.17) is 5.11 Å². The lowest BCUT2D eigenvalue weighted by Gasteiger charge is -2.14. The number of carbonyl (C=O) groups is 2. The van der Waals surface area contributed by atoms with Gasteiger partial charge in [-0.25, -0.2) is 9.78 Å². The van der Waals surface area contributed by atoms with Crippen LogP contribution in [0.4, 0.5) is 13.2 Å². The SMILES string of the molecule is Cn1cnc(C[C@H](NC(=O)C(F)(F)F)C(=O)O)c1. The van der Waals surface area contributed by atoms with Crippen molar-refractivity contribution in [3.8, 4) is 0 Å². The molecule has 0 aliphatic carbocycles. The van der Waals surface area contributed by atoms with Crippen LogP contribution < -0.4 is 5.32 Å². The second-order valence-electron chi connectivity index (χ2n) is 3.60. The van der Waals surface area contributed by atoms with Gasteiger partial charge in [0.05, 0.1) is 12.0 Å². The van der Waals surface area contributed by atoms with Crippen LogP contribution in [0.15, 0.2) is 12.5 Å². The fraction of sp³-hybridized carbons (Fsp3) is 0.444. The van der Waals surface area contributed by atoms with Crippen LogP contribution in [0.2, 0.25) is 0 Å². The van der Waals surface area contributed by atoms with Crippen molar-refractivity contribution in [2.45, 2.75) is 18.6 Å². The topological polar surface area (TPSA) is 84.2 Å². The maximum atomic E-state index is 12.0. The average molecular weight is 265 g/mol. The van der Waals surface area contributed by atoms with Crippen molar-refractivity contribution in [2.75, 3.05) is 0 Å². The molecule has 1 rings (SSSR count). The second-order valence-corrected chi connectivity index (χ2v) is 3.60. The first-order chi connectivity index (χ1) is 8.20. The Morgan fingerprint density at radius 3 is 2.56 bits per heavy atom. The van der Waals surface area contributed by atoms with Gasteiger partial charge >= 0.3 is 18.1 Å². The molecule has 0 spiro atoms. The summed E-state index contributed by atoms with van der Waals surface area (Å²) in [6.07, 6.45) is -2.61. The molecular formula is C9H10F3N3O3. The first kappa shape index (κ1) is 14.0. The van der Waals surface area contributed by atoms with E-state index >= 15 is 0 Å². The Balaban J connectivity index is 2.73. The van der Waals surface area contributed by atoms with Crippen molar-refractivity contribution < 1.29 is 27.9 Å². The van der Waals surface area contributed by atoms with Gasteiger partial charge in [0, 0.05) is 19.7 Å². The van der Waals surface area contributed by atoms with E-state index in [0.717, 1.165) is 0 Å². The zero-order valence-corrected chi connectivity index (χ0v) is 9.23. The molecule has 0 radical (unpaired) electrons. The highest BCUT2D eigenvalue weighted by molar-refractivity contribution is 5.87. The number of hydrogen-bond acceptors (Lipinski definition) is 3. The molecule has 0 aromatic carbocycles. The van der Waals surface area contributed by atoms with Gasteiger partial charge in [0.1, 0.15) is 6.04 Å². The molecule has 1 heterocycles. The van der Waals surface area contributed by atoms with E-state index in [2.05, 4.69) is 4.98 Å². The number of aryl methyl sites for hydroxylation is 1. The van der Waals surface area contributed by atoms with Crippen molar-refractivity contribution in [3.63, 3.8) is 0 Å². The molecule has 0 aliphatic rings. The molecule has 0 bridgehead atoms. The number of imidazole rings is 1. The fourth-order valence-electron chi connectivity index (χ4n) is 1.22. The number of rotatable bonds is 4. The largest absolute Gasteiger partial charge is 0.480 e. The van der Waals surface area contributed by atoms with Crippen LogP contribution >= 0.6 is 0 Å². The number of carboxylic acid groups (broad SMARTS) is 1. The number of halogens is 3. The molecule has 0 unspecified atom stereocenters. The van der Waals surface area contributed by atoms with E-state index in [-0.39, 0.29) is 12.1 Å². The molecular weight excluding hydrogens is 255 g/mol. The molecule has 100 valence electrons. The summed E-state index contributed by atoms with van der Waals surface area (Å²) in [5.41, 5.74) is 0.271. The molecule has 1 aromatic rings. The lowest BCUT2D eigenvalue weighted by Crippen LogP contribution is -2.47. The maximum Gasteiger partial charge on any atom is 0.471 e. The number of alkyl halides is 3. The Morgan fingerprint density at radius 1 is 1.56 bits per heavy atom. The highest BCUT2D eigenvalue weighted by Gasteiger charge is 2.40. The fourth-order valence-corrected chi connectivity index (χ4v) is 1.22. The van der Waals surface area contributed by atoms with Crippen LogP contribution in [0.25, 0.3) is 0 Å². The average Bonchev–Trinajstić information content (AvgIpc) is 2.61. The zero-order chi connectivity index (χ0) is 13.9. The predicted molar refractivity (Wildman–Crippen MR) is 52.5 cm³/mol. The summed E-state index contributed by atoms with van der Waals surface area (Å²) in [4.78, 5) is 25.2. The number of aromatic nitrogens is 2. The Bertz CT molecular complexity index is 455. The number of carbonyl (C=O) groups excluding carboxylic acids is 1. The molecule has 0 saturated heterocycles. The van der Waals surface area contributed by atoms with Crippen molar-refractivity contribution in [1.29, 1.82) is 0 Å². The molecule has 1 aromatic heterocycles. The minimum absolute atomic E-state index is 0.271. The van der Waals surface area contributed by atoms with Crippen LogP contribution in [-0.4, -0.2) is 38.8 Å². The van der Waals surface area contributed by atoms with Gasteiger partial charge in [0.15, 0.2) is 0 Å². The number of nitrogens with one attached hydrogen (secondary N) is 1. The zero-order valence-electron chi connectivity index (χ0n) is 9.23. The Kier molecular flexibility index (Phi) is 3.94. The monoisotopic (exact) mass is 265 g/mol. The molecule has 2 N–H and O–H groups in total. The molecule has 1 atom stereocenters. The lowest BCUT2D eigenvalue weighted by molar-refractivity contribution is -0.175. The molecule has 0 fully saturated rings. The molecule has 1 amide bonds. The second kappa shape index (κ2) is 5.07. The van der Waals surface area contributed by atoms with Gasteiger partial charge in [-0.15, -0.1) is 0 Å². The number of nitrogens with zero attached hydrogens (tertiary/aromatic N) is 2. The third-order valence-corrected chi connectivity index (χ3v) is 2.03. The first-order valence-corrected chi connectivity index (χ1v) is 4.77. The van der Waals surface area contributed by atoms with Crippen molar-refractivity contribution in [1.82, 2.24) is 14.9 Å². The standard InChI is InChI=1S/C9H10F3N3O3/c1-15-3-5(13-4-15)2-6(7(16)17)14-8(18)9(10,11)12/h3-4,6H,2H2,1H3,(H,14,18)(H,16,17)/t6-/m0/s1. The van der Waals surface area contributed by atoms with Crippen molar-refractivity contribution in [2.24, 2.45) is 7.05 Å². The van der Waals surface area contributed by atoms with Gasteiger partial charge in [-0.1, -0.05) is 0 Å². The van der Waals surface area contributed by atoms with Crippen LogP contribution in [-0.2, 0) is 23.1 Å². The first-order valence-electron chi connectivity index (χ1n) is 4.77. The van der Waals surface area contributed by atoms with Crippen molar-refractivity contribution in [3.05, 3.63) is 18.2 Å². The predicted octanol–water partition coefficient (Wildman–Crippen LogP) is 0.0943. The highest BCUT2D eigenvalue weighted by atomic mass is 19.4. The van der Waals surface area contributed by atoms with Crippen LogP contribution in [0.3, 0.4) is 0 Å². The van der Waals surface area contributed by atoms with Gasteiger partial charge in [-0.3, -0.25) is 4.79 Å². The number of aliphatic carboxylic acids is 1. The summed E-state index contributed by atoms with van der Waals surface area (Å²) in [6.45, 7) is 0. The van der Waals surface area contributed by atoms with Crippen LogP contribution in [0, 0.1) is 0 Å². The molecule has 6 nitrogen and oxygen atoms in total. The molecule has 9 heteroatoms. The summed E-state index contributed by atoms with van der Waals surface area (Å²) in [7, 11) is 1.63. The number of hydrogen-bond donors (Lipinski definition) is 2. The van der Waals surface area contributed by atoms with E-state index in [1.807, 2.05) is 0 Å². The van der Waals surface area contributed by atoms with Gasteiger partial charge in [-0.2, -0.15) is 13.2 Å². The third-order valence-electron chi connectivity index (χ3n) is 2.03. The molecule has 0 saturated carbocycles. The Hall–Kier alpha value is -2.06. The van der Waals surface area contributed by atoms with Crippen LogP contribution in [0.1, 0.15) is 5.69 Å². The Morgan fingerprint density at radius 2 is 2.17 bits per heavy atom. The lowest BCUT2D eigenvalue weighted by atomic mass is 10.1. The van der Waals surface area contributed by atoms with E-state index in [1.165, 1.54) is 22.4 Å². The Labute approximate surface area is 99.4 Å². The summed E-state index contributed by atoms with van der Waals surface area (Å²) < 4.78 is 37.5. The van der Waals surface area contributed by atoms with Gasteiger partial charge in [-0.05, 0) is 0 Å². The smallest absolute Gasteiger partial charge is 0.471 e. The quantitative estimate of drug-likeness (QED) is 0.808. The van der Waals surface area contributed by atoms with Gasteiger partial charge in [0.2, 0.25) is 0 Å². The highest BCUT2D eigenvalue weighted by Crippen LogP contribution is 2.15. The van der Waals surface area contributed by atoms with E-state index in [9.17, 15) is 22.8 Å². The maximum absolute atomic E-state index is 12.0. The normalized spacial score (nSPS) is 13.1. The minimum atomic E-state index is -5.11. The summed E-state index contributed by atoms with van der Waals surface area (Å²) in [5, 5.41) is 10.1. The summed E-state index contributed by atoms with van der Waals surface area (Å²) >= 11 is 0. The van der Waals surface area contributed by atoms with Gasteiger partial charge in [0.25, 0.3) is 0 Å². The van der Waals surface area contributed by atoms with E-state index in [0.29, 0.717) is 0 Å². The van der Waals surface area contributed by atoms with Crippen LogP contribution in [0.5, 0.6) is 0 Å². The minimum Gasteiger partial charge on any atom is -0.480 e. The summed E-state index contributed by atoms with van der Waals surface area (Å²) in [5.74, 6) is -3.84. The third kappa shape index (κ3) is 3.75.